The maximum atomic E-state index is 12.3. The summed E-state index contributed by atoms with van der Waals surface area (Å²) in [6.07, 6.45) is 0. The highest BCUT2D eigenvalue weighted by Gasteiger charge is 2.22. The van der Waals surface area contributed by atoms with Crippen molar-refractivity contribution >= 4 is 50.3 Å². The lowest BCUT2D eigenvalue weighted by Crippen LogP contribution is -2.15. The van der Waals surface area contributed by atoms with Gasteiger partial charge in [0.25, 0.3) is 10.0 Å². The van der Waals surface area contributed by atoms with E-state index < -0.39 is 16.0 Å². The molecule has 0 aliphatic heterocycles. The Kier molecular flexibility index (Phi) is 4.40. The van der Waals surface area contributed by atoms with E-state index in [0.717, 1.165) is 11.3 Å². The molecular weight excluding hydrogens is 336 g/mol. The molecule has 9 heteroatoms. The second kappa shape index (κ2) is 5.92. The molecule has 0 spiro atoms. The summed E-state index contributed by atoms with van der Waals surface area (Å²) in [6.45, 7) is 0. The number of carbonyl (C=O) groups is 1. The number of hydrogen-bond donors (Lipinski definition) is 2. The summed E-state index contributed by atoms with van der Waals surface area (Å²) in [5, 5.41) is 1.61. The molecule has 1 aromatic carbocycles. The van der Waals surface area contributed by atoms with Crippen molar-refractivity contribution in [1.29, 1.82) is 0 Å². The Labute approximate surface area is 130 Å². The van der Waals surface area contributed by atoms with Gasteiger partial charge in [0.05, 0.1) is 17.8 Å². The number of esters is 1. The van der Waals surface area contributed by atoms with Crippen molar-refractivity contribution < 1.29 is 17.9 Å². The van der Waals surface area contributed by atoms with E-state index in [-0.39, 0.29) is 26.2 Å². The number of nitrogens with one attached hydrogen (secondary N) is 1. The minimum Gasteiger partial charge on any atom is -0.465 e. The molecule has 21 heavy (non-hydrogen) atoms. The average Bonchev–Trinajstić information content (AvgIpc) is 2.87. The van der Waals surface area contributed by atoms with Crippen molar-refractivity contribution in [2.75, 3.05) is 17.6 Å². The number of halogens is 1. The summed E-state index contributed by atoms with van der Waals surface area (Å²) in [5.74, 6) is -0.624. The third-order valence-electron chi connectivity index (χ3n) is 2.53. The molecule has 0 bridgehead atoms. The molecule has 0 aliphatic rings. The Hall–Kier alpha value is -1.77. The van der Waals surface area contributed by atoms with Crippen LogP contribution < -0.4 is 10.5 Å². The van der Waals surface area contributed by atoms with Gasteiger partial charge in [-0.25, -0.2) is 13.2 Å². The van der Waals surface area contributed by atoms with Gasteiger partial charge in [-0.2, -0.15) is 0 Å². The second-order valence-corrected chi connectivity index (χ2v) is 6.92. The molecule has 1 heterocycles. The minimum absolute atomic E-state index is 0.0338. The summed E-state index contributed by atoms with van der Waals surface area (Å²) in [7, 11) is -2.75. The third-order valence-corrected chi connectivity index (χ3v) is 5.27. The molecule has 2 rings (SSSR count). The highest BCUT2D eigenvalue weighted by atomic mass is 35.5. The zero-order valence-corrected chi connectivity index (χ0v) is 13.2. The largest absolute Gasteiger partial charge is 0.465 e. The standard InChI is InChI=1S/C12H11ClN2O4S2/c1-19-12(16)11-9(4-5-20-11)15-21(17,18)10-6-7(14)2-3-8(10)13/h2-6,15H,14H2,1H3. The molecule has 0 aliphatic carbocycles. The van der Waals surface area contributed by atoms with E-state index in [0.29, 0.717) is 0 Å². The van der Waals surface area contributed by atoms with Gasteiger partial charge in [-0.3, -0.25) is 4.72 Å². The van der Waals surface area contributed by atoms with E-state index in [2.05, 4.69) is 9.46 Å². The van der Waals surface area contributed by atoms with Crippen LogP contribution in [-0.4, -0.2) is 21.5 Å². The highest BCUT2D eigenvalue weighted by molar-refractivity contribution is 7.92. The van der Waals surface area contributed by atoms with Crippen LogP contribution in [0.25, 0.3) is 0 Å². The lowest BCUT2D eigenvalue weighted by molar-refractivity contribution is 0.0607. The predicted molar refractivity (Wildman–Crippen MR) is 82.3 cm³/mol. The number of nitrogen functional groups attached to an aromatic ring is 1. The first-order valence-electron chi connectivity index (χ1n) is 5.59. The quantitative estimate of drug-likeness (QED) is 0.654. The molecule has 0 amide bonds. The molecule has 0 atom stereocenters. The van der Waals surface area contributed by atoms with Crippen LogP contribution in [0, 0.1) is 0 Å². The van der Waals surface area contributed by atoms with Crippen LogP contribution >= 0.6 is 22.9 Å². The molecule has 112 valence electrons. The van der Waals surface area contributed by atoms with Gasteiger partial charge in [-0.05, 0) is 29.6 Å². The molecule has 0 radical (unpaired) electrons. The van der Waals surface area contributed by atoms with Gasteiger partial charge in [0.1, 0.15) is 9.77 Å². The fourth-order valence-electron chi connectivity index (χ4n) is 1.57. The molecule has 3 N–H and O–H groups in total. The number of benzene rings is 1. The van der Waals surface area contributed by atoms with Crippen molar-refractivity contribution in [3.63, 3.8) is 0 Å². The van der Waals surface area contributed by atoms with Crippen LogP contribution in [0.2, 0.25) is 5.02 Å². The van der Waals surface area contributed by atoms with E-state index in [4.69, 9.17) is 17.3 Å². The first kappa shape index (κ1) is 15.6. The lowest BCUT2D eigenvalue weighted by Gasteiger charge is -2.10. The van der Waals surface area contributed by atoms with E-state index in [9.17, 15) is 13.2 Å². The third kappa shape index (κ3) is 3.29. The fraction of sp³-hybridized carbons (Fsp3) is 0.0833. The summed E-state index contributed by atoms with van der Waals surface area (Å²) in [4.78, 5) is 11.5. The SMILES string of the molecule is COC(=O)c1sccc1NS(=O)(=O)c1cc(N)ccc1Cl. The molecule has 0 saturated heterocycles. The van der Waals surface area contributed by atoms with E-state index in [1.54, 1.807) is 5.38 Å². The average molecular weight is 347 g/mol. The normalized spacial score (nSPS) is 11.1. The predicted octanol–water partition coefficient (Wildman–Crippen LogP) is 2.57. The van der Waals surface area contributed by atoms with Crippen LogP contribution in [0.1, 0.15) is 9.67 Å². The number of hydrogen-bond acceptors (Lipinski definition) is 6. The van der Waals surface area contributed by atoms with E-state index >= 15 is 0 Å². The maximum absolute atomic E-state index is 12.3. The highest BCUT2D eigenvalue weighted by Crippen LogP contribution is 2.29. The van der Waals surface area contributed by atoms with Crippen molar-refractivity contribution in [2.24, 2.45) is 0 Å². The van der Waals surface area contributed by atoms with Gasteiger partial charge in [0.2, 0.25) is 0 Å². The van der Waals surface area contributed by atoms with Crippen molar-refractivity contribution in [1.82, 2.24) is 0 Å². The number of thiophene rings is 1. The molecular formula is C12H11ClN2O4S2. The van der Waals surface area contributed by atoms with Crippen LogP contribution in [-0.2, 0) is 14.8 Å². The van der Waals surface area contributed by atoms with Gasteiger partial charge < -0.3 is 10.5 Å². The Morgan fingerprint density at radius 2 is 2.10 bits per heavy atom. The monoisotopic (exact) mass is 346 g/mol. The molecule has 1 aromatic heterocycles. The van der Waals surface area contributed by atoms with E-state index in [1.807, 2.05) is 0 Å². The minimum atomic E-state index is -3.96. The maximum Gasteiger partial charge on any atom is 0.350 e. The summed E-state index contributed by atoms with van der Waals surface area (Å²) < 4.78 is 31.6. The first-order valence-corrected chi connectivity index (χ1v) is 8.33. The van der Waals surface area contributed by atoms with Crippen molar-refractivity contribution in [3.05, 3.63) is 39.5 Å². The number of carbonyl (C=O) groups excluding carboxylic acids is 1. The number of methoxy groups -OCH3 is 1. The van der Waals surface area contributed by atoms with E-state index in [1.165, 1.54) is 31.4 Å². The van der Waals surface area contributed by atoms with Gasteiger partial charge in [0.15, 0.2) is 0 Å². The lowest BCUT2D eigenvalue weighted by atomic mass is 10.3. The molecule has 6 nitrogen and oxygen atoms in total. The number of nitrogens with two attached hydrogens (primary N) is 1. The van der Waals surface area contributed by atoms with Crippen molar-refractivity contribution in [2.45, 2.75) is 4.90 Å². The van der Waals surface area contributed by atoms with Crippen LogP contribution in [0.5, 0.6) is 0 Å². The zero-order chi connectivity index (χ0) is 15.6. The Morgan fingerprint density at radius 3 is 2.76 bits per heavy atom. The zero-order valence-electron chi connectivity index (χ0n) is 10.8. The summed E-state index contributed by atoms with van der Waals surface area (Å²) >= 11 is 6.95. The van der Waals surface area contributed by atoms with Gasteiger partial charge in [-0.1, -0.05) is 11.6 Å². The Balaban J connectivity index is 2.41. The summed E-state index contributed by atoms with van der Waals surface area (Å²) in [6, 6.07) is 5.59. The van der Waals surface area contributed by atoms with Crippen LogP contribution in [0.3, 0.4) is 0 Å². The Bertz CT molecular complexity index is 786. The topological polar surface area (TPSA) is 98.5 Å². The first-order chi connectivity index (χ1) is 9.85. The van der Waals surface area contributed by atoms with Gasteiger partial charge >= 0.3 is 5.97 Å². The molecule has 0 unspecified atom stereocenters. The summed E-state index contributed by atoms with van der Waals surface area (Å²) in [5.41, 5.74) is 5.97. The second-order valence-electron chi connectivity index (χ2n) is 3.95. The molecule has 0 saturated carbocycles. The van der Waals surface area contributed by atoms with Crippen molar-refractivity contribution in [3.8, 4) is 0 Å². The number of ether oxygens (including phenoxy) is 1. The fourth-order valence-corrected chi connectivity index (χ4v) is 4.00. The number of sulfonamides is 1. The van der Waals surface area contributed by atoms with Gasteiger partial charge in [-0.15, -0.1) is 11.3 Å². The number of anilines is 2. The van der Waals surface area contributed by atoms with Crippen LogP contribution in [0.4, 0.5) is 11.4 Å². The molecule has 2 aromatic rings. The molecule has 0 fully saturated rings. The van der Waals surface area contributed by atoms with Crippen LogP contribution in [0.15, 0.2) is 34.5 Å². The smallest absolute Gasteiger partial charge is 0.350 e. The number of rotatable bonds is 4. The van der Waals surface area contributed by atoms with Gasteiger partial charge in [0, 0.05) is 5.69 Å². The Morgan fingerprint density at radius 1 is 1.38 bits per heavy atom.